The standard InChI is InChI=1S/C26H45BO5/c1-2-3-7-14-21(28)17-18-23-22(15-10-4-5-11-16-26(29)30)24-19-25(23)32-27(31-24)20-12-8-6-9-13-20/h17-18,20-25,28H,2-16,19H2,1H3,(H,29,30)/b18-17+/t21-,22+,23+,24-,25+/m0/s1. The van der Waals surface area contributed by atoms with Crippen LogP contribution in [0.25, 0.3) is 0 Å². The lowest BCUT2D eigenvalue weighted by Crippen LogP contribution is -2.41. The molecule has 2 aliphatic carbocycles. The van der Waals surface area contributed by atoms with Crippen molar-refractivity contribution in [1.82, 2.24) is 0 Å². The molecule has 0 aromatic carbocycles. The van der Waals surface area contributed by atoms with Crippen LogP contribution in [0.1, 0.15) is 110 Å². The maximum atomic E-state index is 10.7. The zero-order valence-corrected chi connectivity index (χ0v) is 20.1. The summed E-state index contributed by atoms with van der Waals surface area (Å²) in [7, 11) is -0.0509. The van der Waals surface area contributed by atoms with Gasteiger partial charge in [-0.15, -0.1) is 0 Å². The topological polar surface area (TPSA) is 76.0 Å². The minimum atomic E-state index is -0.698. The minimum Gasteiger partial charge on any atom is -0.481 e. The molecule has 0 aromatic heterocycles. The fourth-order valence-electron chi connectivity index (χ4n) is 6.00. The molecule has 2 saturated carbocycles. The van der Waals surface area contributed by atoms with E-state index in [1.807, 2.05) is 6.08 Å². The van der Waals surface area contributed by atoms with E-state index in [-0.39, 0.29) is 31.9 Å². The lowest BCUT2D eigenvalue weighted by atomic mass is 9.63. The Labute approximate surface area is 195 Å². The summed E-state index contributed by atoms with van der Waals surface area (Å²) in [5.74, 6) is 0.588. The molecule has 182 valence electrons. The maximum Gasteiger partial charge on any atom is 0.460 e. The van der Waals surface area contributed by atoms with Crippen LogP contribution >= 0.6 is 0 Å². The summed E-state index contributed by atoms with van der Waals surface area (Å²) in [6, 6.07) is 0. The van der Waals surface area contributed by atoms with Crippen LogP contribution in [0.3, 0.4) is 0 Å². The predicted molar refractivity (Wildman–Crippen MR) is 129 cm³/mol. The number of aliphatic hydroxyl groups is 1. The number of carbonyl (C=O) groups is 1. The van der Waals surface area contributed by atoms with Crippen molar-refractivity contribution in [3.63, 3.8) is 0 Å². The molecule has 3 aliphatic rings. The summed E-state index contributed by atoms with van der Waals surface area (Å²) in [4.78, 5) is 10.7. The number of unbranched alkanes of at least 4 members (excludes halogenated alkanes) is 5. The molecular weight excluding hydrogens is 403 g/mol. The van der Waals surface area contributed by atoms with Crippen LogP contribution in [0.5, 0.6) is 0 Å². The molecule has 0 amide bonds. The second-order valence-electron chi connectivity index (χ2n) is 10.4. The second kappa shape index (κ2) is 13.8. The van der Waals surface area contributed by atoms with E-state index >= 15 is 0 Å². The Morgan fingerprint density at radius 2 is 1.78 bits per heavy atom. The number of fused-ring (bicyclic) bond motifs is 2. The molecule has 1 heterocycles. The number of aliphatic hydroxyl groups excluding tert-OH is 1. The van der Waals surface area contributed by atoms with E-state index in [0.717, 1.165) is 51.4 Å². The van der Waals surface area contributed by atoms with Gasteiger partial charge in [-0.25, -0.2) is 0 Å². The highest BCUT2D eigenvalue weighted by atomic mass is 16.6. The van der Waals surface area contributed by atoms with Gasteiger partial charge < -0.3 is 19.5 Å². The first-order chi connectivity index (χ1) is 15.6. The first-order valence-corrected chi connectivity index (χ1v) is 13.5. The molecule has 3 fully saturated rings. The van der Waals surface area contributed by atoms with Crippen molar-refractivity contribution in [2.24, 2.45) is 11.8 Å². The van der Waals surface area contributed by atoms with Crippen molar-refractivity contribution >= 4 is 13.1 Å². The molecule has 32 heavy (non-hydrogen) atoms. The van der Waals surface area contributed by atoms with Crippen LogP contribution in [-0.4, -0.2) is 41.6 Å². The molecule has 5 atom stereocenters. The Hall–Kier alpha value is -0.845. The molecule has 3 rings (SSSR count). The maximum absolute atomic E-state index is 10.7. The number of aliphatic carboxylic acids is 1. The lowest BCUT2D eigenvalue weighted by molar-refractivity contribution is -0.137. The summed E-state index contributed by atoms with van der Waals surface area (Å²) >= 11 is 0. The Kier molecular flexibility index (Phi) is 11.1. The van der Waals surface area contributed by atoms with Gasteiger partial charge >= 0.3 is 13.1 Å². The third-order valence-corrected chi connectivity index (χ3v) is 7.86. The zero-order valence-electron chi connectivity index (χ0n) is 20.1. The van der Waals surface area contributed by atoms with E-state index < -0.39 is 5.97 Å². The van der Waals surface area contributed by atoms with Crippen LogP contribution < -0.4 is 0 Å². The van der Waals surface area contributed by atoms with Gasteiger partial charge in [0.25, 0.3) is 0 Å². The number of rotatable bonds is 14. The van der Waals surface area contributed by atoms with Gasteiger partial charge in [-0.2, -0.15) is 0 Å². The average molecular weight is 448 g/mol. The highest BCUT2D eigenvalue weighted by molar-refractivity contribution is 6.46. The molecule has 0 spiro atoms. The van der Waals surface area contributed by atoms with Crippen molar-refractivity contribution in [3.05, 3.63) is 12.2 Å². The fraction of sp³-hybridized carbons (Fsp3) is 0.885. The molecule has 5 nitrogen and oxygen atoms in total. The van der Waals surface area contributed by atoms with E-state index in [1.54, 1.807) is 0 Å². The smallest absolute Gasteiger partial charge is 0.460 e. The van der Waals surface area contributed by atoms with Crippen LogP contribution in [0.2, 0.25) is 5.82 Å². The summed E-state index contributed by atoms with van der Waals surface area (Å²) in [5.41, 5.74) is 0. The number of carboxylic acids is 1. The molecule has 2 N–H and O–H groups in total. The SMILES string of the molecule is CCCCC[C@H](O)/C=C/[C@@H]1[C@@H](CCCCCCC(=O)O)[C@@H]2C[C@H]1OB(C1CCCCC1)O2. The van der Waals surface area contributed by atoms with Gasteiger partial charge in [-0.1, -0.05) is 89.7 Å². The van der Waals surface area contributed by atoms with Crippen LogP contribution in [0.4, 0.5) is 0 Å². The van der Waals surface area contributed by atoms with Crippen molar-refractivity contribution in [2.45, 2.75) is 134 Å². The van der Waals surface area contributed by atoms with Crippen LogP contribution in [0.15, 0.2) is 12.2 Å². The molecule has 6 heteroatoms. The molecule has 0 unspecified atom stereocenters. The van der Waals surface area contributed by atoms with Crippen LogP contribution in [0, 0.1) is 11.8 Å². The summed E-state index contributed by atoms with van der Waals surface area (Å²) in [6.45, 7) is 2.19. The van der Waals surface area contributed by atoms with Crippen LogP contribution in [-0.2, 0) is 14.1 Å². The fourth-order valence-corrected chi connectivity index (χ4v) is 6.00. The van der Waals surface area contributed by atoms with E-state index in [4.69, 9.17) is 14.4 Å². The van der Waals surface area contributed by atoms with Gasteiger partial charge in [-0.3, -0.25) is 4.79 Å². The lowest BCUT2D eigenvalue weighted by Gasteiger charge is -2.34. The molecule has 1 aliphatic heterocycles. The number of hydrogen-bond donors (Lipinski definition) is 2. The van der Waals surface area contributed by atoms with Crippen molar-refractivity contribution in [1.29, 1.82) is 0 Å². The largest absolute Gasteiger partial charge is 0.481 e. The summed E-state index contributed by atoms with van der Waals surface area (Å²) < 4.78 is 13.1. The van der Waals surface area contributed by atoms with Crippen molar-refractivity contribution in [3.8, 4) is 0 Å². The first kappa shape index (κ1) is 25.8. The quantitative estimate of drug-likeness (QED) is 0.189. The first-order valence-electron chi connectivity index (χ1n) is 13.5. The molecule has 1 saturated heterocycles. The minimum absolute atomic E-state index is 0.0509. The third-order valence-electron chi connectivity index (χ3n) is 7.86. The second-order valence-corrected chi connectivity index (χ2v) is 10.4. The third kappa shape index (κ3) is 7.88. The molecular formula is C26H45BO5. The highest BCUT2D eigenvalue weighted by Gasteiger charge is 2.51. The van der Waals surface area contributed by atoms with Gasteiger partial charge in [0, 0.05) is 18.4 Å². The van der Waals surface area contributed by atoms with E-state index in [9.17, 15) is 9.90 Å². The Bertz CT molecular complexity index is 577. The van der Waals surface area contributed by atoms with Gasteiger partial charge in [0.1, 0.15) is 0 Å². The zero-order chi connectivity index (χ0) is 22.8. The molecule has 0 radical (unpaired) electrons. The van der Waals surface area contributed by atoms with E-state index in [0.29, 0.717) is 17.7 Å². The van der Waals surface area contributed by atoms with E-state index in [1.165, 1.54) is 44.9 Å². The molecule has 0 aromatic rings. The number of hydrogen-bond acceptors (Lipinski definition) is 4. The Balaban J connectivity index is 1.56. The average Bonchev–Trinajstić information content (AvgIpc) is 3.03. The normalized spacial score (nSPS) is 29.6. The van der Waals surface area contributed by atoms with E-state index in [2.05, 4.69) is 13.0 Å². The van der Waals surface area contributed by atoms with Gasteiger partial charge in [0.15, 0.2) is 0 Å². The van der Waals surface area contributed by atoms with Gasteiger partial charge in [0.2, 0.25) is 0 Å². The number of carboxylic acid groups (broad SMARTS) is 1. The molecule has 2 bridgehead atoms. The van der Waals surface area contributed by atoms with Gasteiger partial charge in [-0.05, 0) is 37.4 Å². The monoisotopic (exact) mass is 448 g/mol. The predicted octanol–water partition coefficient (Wildman–Crippen LogP) is 6.15. The summed E-state index contributed by atoms with van der Waals surface area (Å²) in [5, 5.41) is 19.3. The van der Waals surface area contributed by atoms with Crippen molar-refractivity contribution in [2.75, 3.05) is 0 Å². The summed E-state index contributed by atoms with van der Waals surface area (Å²) in [6.07, 6.45) is 21.2. The Morgan fingerprint density at radius 3 is 2.53 bits per heavy atom. The van der Waals surface area contributed by atoms with Crippen molar-refractivity contribution < 1.29 is 24.3 Å². The highest BCUT2D eigenvalue weighted by Crippen LogP contribution is 2.47. The van der Waals surface area contributed by atoms with Gasteiger partial charge in [0.05, 0.1) is 12.2 Å². The Morgan fingerprint density at radius 1 is 1.03 bits per heavy atom.